The maximum absolute atomic E-state index is 5.35. The van der Waals surface area contributed by atoms with Crippen LogP contribution in [0.5, 0.6) is 11.5 Å². The molecule has 0 spiro atoms. The minimum absolute atomic E-state index is 0. The molecular formula is C21H27IN6O2. The van der Waals surface area contributed by atoms with Crippen molar-refractivity contribution in [1.82, 2.24) is 25.4 Å². The van der Waals surface area contributed by atoms with E-state index in [1.165, 1.54) is 6.33 Å². The van der Waals surface area contributed by atoms with Gasteiger partial charge in [-0.1, -0.05) is 18.2 Å². The predicted molar refractivity (Wildman–Crippen MR) is 128 cm³/mol. The molecule has 0 amide bonds. The molecule has 0 aliphatic rings. The third kappa shape index (κ3) is 6.34. The highest BCUT2D eigenvalue weighted by Gasteiger charge is 2.05. The second-order valence-electron chi connectivity index (χ2n) is 6.30. The molecule has 0 bridgehead atoms. The van der Waals surface area contributed by atoms with Crippen LogP contribution in [0.1, 0.15) is 11.1 Å². The molecule has 160 valence electrons. The first-order valence-corrected chi connectivity index (χ1v) is 9.33. The van der Waals surface area contributed by atoms with Gasteiger partial charge >= 0.3 is 0 Å². The number of ether oxygens (including phenoxy) is 2. The van der Waals surface area contributed by atoms with Gasteiger partial charge < -0.3 is 20.1 Å². The Kier molecular flexibility index (Phi) is 9.39. The molecule has 1 aromatic heterocycles. The van der Waals surface area contributed by atoms with Gasteiger partial charge in [0.05, 0.1) is 19.9 Å². The number of nitrogens with zero attached hydrogens (tertiary/aromatic N) is 4. The highest BCUT2D eigenvalue weighted by atomic mass is 127. The molecule has 0 aliphatic carbocycles. The second-order valence-corrected chi connectivity index (χ2v) is 6.30. The van der Waals surface area contributed by atoms with Crippen LogP contribution < -0.4 is 20.1 Å². The van der Waals surface area contributed by atoms with Gasteiger partial charge in [-0.25, -0.2) is 9.67 Å². The number of guanidine groups is 1. The monoisotopic (exact) mass is 522 g/mol. The van der Waals surface area contributed by atoms with E-state index in [9.17, 15) is 0 Å². The van der Waals surface area contributed by atoms with E-state index in [4.69, 9.17) is 9.47 Å². The Morgan fingerprint density at radius 1 is 1.00 bits per heavy atom. The van der Waals surface area contributed by atoms with E-state index in [0.717, 1.165) is 47.2 Å². The van der Waals surface area contributed by atoms with Gasteiger partial charge in [-0.2, -0.15) is 5.10 Å². The van der Waals surface area contributed by atoms with Gasteiger partial charge in [-0.15, -0.1) is 24.0 Å². The van der Waals surface area contributed by atoms with E-state index in [2.05, 4.69) is 37.8 Å². The summed E-state index contributed by atoms with van der Waals surface area (Å²) in [5, 5.41) is 10.8. The fourth-order valence-corrected chi connectivity index (χ4v) is 2.88. The van der Waals surface area contributed by atoms with Crippen molar-refractivity contribution in [2.75, 3.05) is 27.8 Å². The predicted octanol–water partition coefficient (Wildman–Crippen LogP) is 2.81. The van der Waals surface area contributed by atoms with E-state index >= 15 is 0 Å². The molecule has 0 unspecified atom stereocenters. The first kappa shape index (κ1) is 23.5. The fraction of sp³-hybridized carbons (Fsp3) is 0.286. The highest BCUT2D eigenvalue weighted by molar-refractivity contribution is 14.0. The van der Waals surface area contributed by atoms with E-state index in [-0.39, 0.29) is 24.0 Å². The molecule has 0 aliphatic heterocycles. The third-order valence-electron chi connectivity index (χ3n) is 4.46. The van der Waals surface area contributed by atoms with Crippen molar-refractivity contribution < 1.29 is 9.47 Å². The summed E-state index contributed by atoms with van der Waals surface area (Å²) in [5.41, 5.74) is 3.29. The first-order chi connectivity index (χ1) is 14.2. The van der Waals surface area contributed by atoms with Gasteiger partial charge in [0.1, 0.15) is 12.7 Å². The zero-order valence-electron chi connectivity index (χ0n) is 17.3. The summed E-state index contributed by atoms with van der Waals surface area (Å²) in [7, 11) is 5.04. The molecule has 2 aromatic carbocycles. The fourth-order valence-electron chi connectivity index (χ4n) is 2.88. The van der Waals surface area contributed by atoms with Crippen molar-refractivity contribution in [2.24, 2.45) is 4.99 Å². The molecule has 0 saturated carbocycles. The van der Waals surface area contributed by atoms with Gasteiger partial charge in [0.25, 0.3) is 0 Å². The first-order valence-electron chi connectivity index (χ1n) is 9.33. The van der Waals surface area contributed by atoms with Crippen molar-refractivity contribution in [3.05, 3.63) is 66.2 Å². The van der Waals surface area contributed by atoms with Crippen LogP contribution in [0.3, 0.4) is 0 Å². The molecule has 3 rings (SSSR count). The lowest BCUT2D eigenvalue weighted by atomic mass is 10.1. The van der Waals surface area contributed by atoms with Crippen LogP contribution in [0.2, 0.25) is 0 Å². The average molecular weight is 522 g/mol. The zero-order chi connectivity index (χ0) is 20.5. The Balaban J connectivity index is 0.00000320. The van der Waals surface area contributed by atoms with Crippen LogP contribution in [0.25, 0.3) is 5.69 Å². The number of rotatable bonds is 8. The summed E-state index contributed by atoms with van der Waals surface area (Å²) >= 11 is 0. The lowest BCUT2D eigenvalue weighted by Crippen LogP contribution is -2.37. The summed E-state index contributed by atoms with van der Waals surface area (Å²) in [6, 6.07) is 14.1. The minimum Gasteiger partial charge on any atom is -0.493 e. The van der Waals surface area contributed by atoms with Crippen LogP contribution in [0.15, 0.2) is 60.1 Å². The van der Waals surface area contributed by atoms with Crippen molar-refractivity contribution in [3.63, 3.8) is 0 Å². The maximum atomic E-state index is 5.35. The topological polar surface area (TPSA) is 85.6 Å². The molecule has 3 aromatic rings. The quantitative estimate of drug-likeness (QED) is 0.269. The van der Waals surface area contributed by atoms with Gasteiger partial charge in [0.15, 0.2) is 17.5 Å². The molecule has 0 fully saturated rings. The number of benzene rings is 2. The standard InChI is InChI=1S/C21H26N6O2.HI/c1-22-21(24-11-10-16-6-9-19(28-2)20(12-16)29-3)25-13-17-4-7-18(8-5-17)27-15-23-14-26-27;/h4-9,12,14-15H,10-11,13H2,1-3H3,(H2,22,24,25);1H. The summed E-state index contributed by atoms with van der Waals surface area (Å²) < 4.78 is 12.4. The van der Waals surface area contributed by atoms with Crippen LogP contribution >= 0.6 is 24.0 Å². The van der Waals surface area contributed by atoms with Crippen LogP contribution in [-0.2, 0) is 13.0 Å². The molecule has 1 heterocycles. The average Bonchev–Trinajstić information content (AvgIpc) is 3.31. The number of hydrogen-bond acceptors (Lipinski definition) is 5. The van der Waals surface area contributed by atoms with Crippen molar-refractivity contribution in [1.29, 1.82) is 0 Å². The molecule has 8 nitrogen and oxygen atoms in total. The van der Waals surface area contributed by atoms with Crippen molar-refractivity contribution in [2.45, 2.75) is 13.0 Å². The van der Waals surface area contributed by atoms with Gasteiger partial charge in [-0.05, 0) is 41.8 Å². The number of hydrogen-bond donors (Lipinski definition) is 2. The van der Waals surface area contributed by atoms with E-state index < -0.39 is 0 Å². The molecular weight excluding hydrogens is 495 g/mol. The molecule has 30 heavy (non-hydrogen) atoms. The Morgan fingerprint density at radius 2 is 1.73 bits per heavy atom. The third-order valence-corrected chi connectivity index (χ3v) is 4.46. The summed E-state index contributed by atoms with van der Waals surface area (Å²) in [6.07, 6.45) is 4.04. The molecule has 2 N–H and O–H groups in total. The normalized spacial score (nSPS) is 10.8. The van der Waals surface area contributed by atoms with Crippen LogP contribution in [-0.4, -0.2) is 48.5 Å². The Labute approximate surface area is 193 Å². The number of nitrogens with one attached hydrogen (secondary N) is 2. The van der Waals surface area contributed by atoms with Crippen molar-refractivity contribution in [3.8, 4) is 17.2 Å². The number of aromatic nitrogens is 3. The number of methoxy groups -OCH3 is 2. The van der Waals surface area contributed by atoms with Gasteiger partial charge in [0, 0.05) is 20.1 Å². The van der Waals surface area contributed by atoms with Crippen LogP contribution in [0, 0.1) is 0 Å². The van der Waals surface area contributed by atoms with Gasteiger partial charge in [-0.3, -0.25) is 4.99 Å². The second kappa shape index (κ2) is 12.0. The zero-order valence-corrected chi connectivity index (χ0v) is 19.7. The molecule has 0 radical (unpaired) electrons. The Morgan fingerprint density at radius 3 is 2.37 bits per heavy atom. The molecule has 9 heteroatoms. The van der Waals surface area contributed by atoms with E-state index in [0.29, 0.717) is 6.54 Å². The van der Waals surface area contributed by atoms with Gasteiger partial charge in [0.2, 0.25) is 0 Å². The number of aliphatic imine (C=N–C) groups is 1. The molecule has 0 atom stereocenters. The largest absolute Gasteiger partial charge is 0.493 e. The minimum atomic E-state index is 0. The smallest absolute Gasteiger partial charge is 0.191 e. The SMILES string of the molecule is CN=C(NCCc1ccc(OC)c(OC)c1)NCc1ccc(-n2cncn2)cc1.I. The van der Waals surface area contributed by atoms with E-state index in [1.54, 1.807) is 32.3 Å². The highest BCUT2D eigenvalue weighted by Crippen LogP contribution is 2.27. The molecule has 0 saturated heterocycles. The summed E-state index contributed by atoms with van der Waals surface area (Å²) in [5.74, 6) is 2.23. The van der Waals surface area contributed by atoms with Crippen molar-refractivity contribution >= 4 is 29.9 Å². The van der Waals surface area contributed by atoms with E-state index in [1.807, 2.05) is 30.3 Å². The summed E-state index contributed by atoms with van der Waals surface area (Å²) in [4.78, 5) is 8.24. The summed E-state index contributed by atoms with van der Waals surface area (Å²) in [6.45, 7) is 1.42. The Bertz CT molecular complexity index is 929. The lowest BCUT2D eigenvalue weighted by Gasteiger charge is -2.13. The maximum Gasteiger partial charge on any atom is 0.191 e. The lowest BCUT2D eigenvalue weighted by molar-refractivity contribution is 0.354. The number of halogens is 1. The van der Waals surface area contributed by atoms with Crippen LogP contribution in [0.4, 0.5) is 0 Å². The Hall–Kier alpha value is -2.82.